The monoisotopic (exact) mass is 496 g/mol. The van der Waals surface area contributed by atoms with Crippen LogP contribution in [0.3, 0.4) is 0 Å². The Bertz CT molecular complexity index is 1160. The topological polar surface area (TPSA) is 70.5 Å². The summed E-state index contributed by atoms with van der Waals surface area (Å²) >= 11 is 4.65. The van der Waals surface area contributed by atoms with Crippen LogP contribution >= 0.6 is 27.3 Å². The summed E-state index contributed by atoms with van der Waals surface area (Å²) in [5.74, 6) is -1.62. The Morgan fingerprint density at radius 3 is 2.26 bits per heavy atom. The summed E-state index contributed by atoms with van der Waals surface area (Å²) in [4.78, 5) is 31.7. The van der Waals surface area contributed by atoms with Crippen LogP contribution in [0.4, 0.5) is 5.13 Å². The van der Waals surface area contributed by atoms with Crippen LogP contribution in [0.2, 0.25) is 0 Å². The minimum atomic E-state index is -0.760. The van der Waals surface area contributed by atoms with Crippen LogP contribution in [-0.4, -0.2) is 21.8 Å². The van der Waals surface area contributed by atoms with E-state index >= 15 is 0 Å². The number of anilines is 1. The molecule has 1 aliphatic heterocycles. The van der Waals surface area contributed by atoms with Gasteiger partial charge in [0, 0.05) is 21.6 Å². The molecule has 0 unspecified atom stereocenters. The molecule has 0 bridgehead atoms. The molecule has 1 fully saturated rings. The Morgan fingerprint density at radius 2 is 1.71 bits per heavy atom. The zero-order chi connectivity index (χ0) is 22.3. The van der Waals surface area contributed by atoms with Crippen LogP contribution in [0.5, 0.6) is 0 Å². The lowest BCUT2D eigenvalue weighted by Gasteiger charge is -2.24. The van der Waals surface area contributed by atoms with Crippen molar-refractivity contribution in [2.24, 2.45) is 0 Å². The maximum Gasteiger partial charge on any atom is 0.301 e. The molecule has 5 nitrogen and oxygen atoms in total. The van der Waals surface area contributed by atoms with Crippen molar-refractivity contribution in [3.05, 3.63) is 86.8 Å². The van der Waals surface area contributed by atoms with Gasteiger partial charge in [-0.1, -0.05) is 73.1 Å². The lowest BCUT2D eigenvalue weighted by molar-refractivity contribution is -0.132. The van der Waals surface area contributed by atoms with E-state index in [0.29, 0.717) is 10.7 Å². The highest BCUT2D eigenvalue weighted by atomic mass is 79.9. The van der Waals surface area contributed by atoms with E-state index in [1.807, 2.05) is 24.3 Å². The van der Waals surface area contributed by atoms with Gasteiger partial charge in [0.15, 0.2) is 5.13 Å². The van der Waals surface area contributed by atoms with Gasteiger partial charge in [0.2, 0.25) is 0 Å². The normalized spacial score (nSPS) is 18.6. The van der Waals surface area contributed by atoms with Crippen LogP contribution < -0.4 is 4.90 Å². The van der Waals surface area contributed by atoms with E-state index in [9.17, 15) is 14.7 Å². The molecule has 2 aromatic carbocycles. The van der Waals surface area contributed by atoms with Gasteiger partial charge in [-0.05, 0) is 28.7 Å². The number of aliphatic hydroxyl groups is 1. The van der Waals surface area contributed by atoms with Gasteiger partial charge in [0.25, 0.3) is 5.78 Å². The van der Waals surface area contributed by atoms with Gasteiger partial charge in [-0.15, -0.1) is 11.3 Å². The summed E-state index contributed by atoms with van der Waals surface area (Å²) < 4.78 is 0.849. The molecule has 1 atom stereocenters. The molecule has 1 aliphatic rings. The Kier molecular flexibility index (Phi) is 5.58. The van der Waals surface area contributed by atoms with Crippen LogP contribution in [-0.2, 0) is 15.0 Å². The molecule has 0 aliphatic carbocycles. The van der Waals surface area contributed by atoms with Crippen molar-refractivity contribution in [3.8, 4) is 0 Å². The molecule has 1 amide bonds. The second kappa shape index (κ2) is 8.05. The molecule has 0 radical (unpaired) electrons. The fraction of sp³-hybridized carbons (Fsp3) is 0.208. The van der Waals surface area contributed by atoms with E-state index < -0.39 is 17.7 Å². The summed E-state index contributed by atoms with van der Waals surface area (Å²) in [6.45, 7) is 6.37. The maximum absolute atomic E-state index is 13.1. The molecule has 0 saturated carbocycles. The molecule has 2 heterocycles. The zero-order valence-electron chi connectivity index (χ0n) is 17.3. The number of nitrogens with zero attached hydrogens (tertiary/aromatic N) is 2. The summed E-state index contributed by atoms with van der Waals surface area (Å²) in [7, 11) is 0. The van der Waals surface area contributed by atoms with Crippen LogP contribution in [0, 0.1) is 0 Å². The maximum atomic E-state index is 13.1. The highest BCUT2D eigenvalue weighted by Crippen LogP contribution is 2.43. The second-order valence-electron chi connectivity index (χ2n) is 8.36. The number of carbonyl (C=O) groups is 2. The van der Waals surface area contributed by atoms with Crippen LogP contribution in [0.1, 0.15) is 43.5 Å². The SMILES string of the molecule is CC(C)(C)c1ccc([C@H]2/C(=C(\O)c3ccc(Br)cc3)C(=O)C(=O)N2c2nccs2)cc1. The standard InChI is InChI=1S/C24H21BrN2O3S/c1-24(2,3)16-8-4-14(5-9-16)19-18(20(28)15-6-10-17(25)11-7-15)21(29)22(30)27(19)23-26-12-13-31-23/h4-13,19,28H,1-3H3/b20-18+/t19-/m0/s1. The van der Waals surface area contributed by atoms with Crippen LogP contribution in [0.25, 0.3) is 5.76 Å². The predicted molar refractivity (Wildman–Crippen MR) is 126 cm³/mol. The van der Waals surface area contributed by atoms with Gasteiger partial charge in [-0.3, -0.25) is 14.5 Å². The number of carbonyl (C=O) groups excluding carboxylic acids is 2. The molecule has 4 rings (SSSR count). The highest BCUT2D eigenvalue weighted by molar-refractivity contribution is 9.10. The van der Waals surface area contributed by atoms with Crippen molar-refractivity contribution in [2.45, 2.75) is 32.2 Å². The van der Waals surface area contributed by atoms with Gasteiger partial charge in [0.1, 0.15) is 5.76 Å². The van der Waals surface area contributed by atoms with E-state index in [1.165, 1.54) is 16.2 Å². The van der Waals surface area contributed by atoms with Crippen LogP contribution in [0.15, 0.2) is 70.2 Å². The number of ketones is 1. The van der Waals surface area contributed by atoms with Crippen molar-refractivity contribution < 1.29 is 14.7 Å². The Morgan fingerprint density at radius 1 is 1.06 bits per heavy atom. The second-order valence-corrected chi connectivity index (χ2v) is 10.2. The number of aliphatic hydroxyl groups excluding tert-OH is 1. The van der Waals surface area contributed by atoms with Gasteiger partial charge in [-0.2, -0.15) is 0 Å². The number of benzene rings is 2. The molecular formula is C24H21BrN2O3S. The first-order chi connectivity index (χ1) is 14.7. The van der Waals surface area contributed by atoms with E-state index in [1.54, 1.807) is 35.8 Å². The number of Topliss-reactive ketones (excluding diaryl/α,β-unsaturated/α-hetero) is 1. The first-order valence-electron chi connectivity index (χ1n) is 9.75. The minimum Gasteiger partial charge on any atom is -0.507 e. The number of amides is 1. The van der Waals surface area contributed by atoms with Crippen molar-refractivity contribution in [2.75, 3.05) is 4.90 Å². The molecule has 31 heavy (non-hydrogen) atoms. The smallest absolute Gasteiger partial charge is 0.301 e. The van der Waals surface area contributed by atoms with Gasteiger partial charge < -0.3 is 5.11 Å². The lowest BCUT2D eigenvalue weighted by Crippen LogP contribution is -2.29. The molecule has 158 valence electrons. The first kappa shape index (κ1) is 21.5. The summed E-state index contributed by atoms with van der Waals surface area (Å²) in [6, 6.07) is 14.0. The average Bonchev–Trinajstić information content (AvgIpc) is 3.34. The number of halogens is 1. The number of hydrogen-bond acceptors (Lipinski definition) is 5. The number of rotatable bonds is 3. The third-order valence-electron chi connectivity index (χ3n) is 5.28. The van der Waals surface area contributed by atoms with Gasteiger partial charge >= 0.3 is 5.91 Å². The number of aromatic nitrogens is 1. The van der Waals surface area contributed by atoms with E-state index in [-0.39, 0.29) is 16.7 Å². The minimum absolute atomic E-state index is 0.0346. The largest absolute Gasteiger partial charge is 0.507 e. The van der Waals surface area contributed by atoms with Crippen molar-refractivity contribution in [3.63, 3.8) is 0 Å². The highest BCUT2D eigenvalue weighted by Gasteiger charge is 2.48. The molecule has 1 N–H and O–H groups in total. The zero-order valence-corrected chi connectivity index (χ0v) is 19.7. The quantitative estimate of drug-likeness (QED) is 0.281. The summed E-state index contributed by atoms with van der Waals surface area (Å²) in [5.41, 5.74) is 2.37. The molecule has 1 aromatic heterocycles. The average molecular weight is 497 g/mol. The van der Waals surface area contributed by atoms with E-state index in [0.717, 1.165) is 15.6 Å². The van der Waals surface area contributed by atoms with Gasteiger partial charge in [0.05, 0.1) is 11.6 Å². The lowest BCUT2D eigenvalue weighted by atomic mass is 9.85. The third-order valence-corrected chi connectivity index (χ3v) is 6.58. The molecule has 3 aromatic rings. The molecule has 0 spiro atoms. The van der Waals surface area contributed by atoms with Crippen molar-refractivity contribution in [1.29, 1.82) is 0 Å². The molecular weight excluding hydrogens is 476 g/mol. The van der Waals surface area contributed by atoms with Crippen molar-refractivity contribution >= 4 is 49.8 Å². The summed E-state index contributed by atoms with van der Waals surface area (Å²) in [5, 5.41) is 13.2. The predicted octanol–water partition coefficient (Wildman–Crippen LogP) is 5.83. The Balaban J connectivity index is 1.90. The summed E-state index contributed by atoms with van der Waals surface area (Å²) in [6.07, 6.45) is 1.59. The van der Waals surface area contributed by atoms with Gasteiger partial charge in [-0.25, -0.2) is 4.98 Å². The number of thiazole rings is 1. The number of hydrogen-bond donors (Lipinski definition) is 1. The first-order valence-corrected chi connectivity index (χ1v) is 11.4. The van der Waals surface area contributed by atoms with E-state index in [2.05, 4.69) is 41.7 Å². The molecule has 7 heteroatoms. The fourth-order valence-corrected chi connectivity index (χ4v) is 4.54. The Labute approximate surface area is 193 Å². The molecule has 1 saturated heterocycles. The van der Waals surface area contributed by atoms with E-state index in [4.69, 9.17) is 0 Å². The third kappa shape index (κ3) is 3.95. The fourth-order valence-electron chi connectivity index (χ4n) is 3.61. The van der Waals surface area contributed by atoms with Crippen molar-refractivity contribution in [1.82, 2.24) is 4.98 Å². The Hall–Kier alpha value is -2.77.